The van der Waals surface area contributed by atoms with Gasteiger partial charge in [0.1, 0.15) is 0 Å². The van der Waals surface area contributed by atoms with Gasteiger partial charge in [-0.2, -0.15) is 13.2 Å². The standard InChI is InChI=1S/C15H21F3N2O/c1-14(7-2-8-21-14)10-20-13(9-19)11-3-5-12(6-4-11)15(16,17)18/h3-6,13,20H,2,7-10,19H2,1H3. The molecule has 1 aliphatic rings. The summed E-state index contributed by atoms with van der Waals surface area (Å²) < 4.78 is 43.3. The molecule has 0 bridgehead atoms. The maximum atomic E-state index is 12.5. The summed E-state index contributed by atoms with van der Waals surface area (Å²) in [6, 6.07) is 4.96. The summed E-state index contributed by atoms with van der Waals surface area (Å²) in [7, 11) is 0. The van der Waals surface area contributed by atoms with E-state index in [1.165, 1.54) is 12.1 Å². The Bertz CT molecular complexity index is 453. The highest BCUT2D eigenvalue weighted by atomic mass is 19.4. The molecular formula is C15H21F3N2O. The van der Waals surface area contributed by atoms with Crippen LogP contribution in [0.15, 0.2) is 24.3 Å². The predicted octanol–water partition coefficient (Wildman–Crippen LogP) is 2.86. The molecule has 1 aromatic carbocycles. The first-order valence-electron chi connectivity index (χ1n) is 7.09. The number of halogens is 3. The minimum Gasteiger partial charge on any atom is -0.374 e. The van der Waals surface area contributed by atoms with Gasteiger partial charge in [-0.25, -0.2) is 0 Å². The van der Waals surface area contributed by atoms with E-state index >= 15 is 0 Å². The summed E-state index contributed by atoms with van der Waals surface area (Å²) >= 11 is 0. The van der Waals surface area contributed by atoms with Crippen LogP contribution in [0.25, 0.3) is 0 Å². The summed E-state index contributed by atoms with van der Waals surface area (Å²) in [6.07, 6.45) is -2.30. The third-order valence-corrected chi connectivity index (χ3v) is 3.90. The maximum absolute atomic E-state index is 12.5. The molecule has 0 aromatic heterocycles. The highest BCUT2D eigenvalue weighted by Crippen LogP contribution is 2.30. The van der Waals surface area contributed by atoms with Crippen LogP contribution in [-0.4, -0.2) is 25.3 Å². The largest absolute Gasteiger partial charge is 0.416 e. The molecule has 0 spiro atoms. The first-order chi connectivity index (χ1) is 9.84. The molecule has 0 amide bonds. The molecule has 1 aromatic rings. The van der Waals surface area contributed by atoms with E-state index in [1.807, 2.05) is 6.92 Å². The van der Waals surface area contributed by atoms with Gasteiger partial charge in [-0.05, 0) is 37.5 Å². The van der Waals surface area contributed by atoms with Gasteiger partial charge in [0.15, 0.2) is 0 Å². The van der Waals surface area contributed by atoms with E-state index in [1.54, 1.807) is 0 Å². The van der Waals surface area contributed by atoms with Crippen LogP contribution in [0.3, 0.4) is 0 Å². The van der Waals surface area contributed by atoms with Gasteiger partial charge in [-0.3, -0.25) is 0 Å². The van der Waals surface area contributed by atoms with Gasteiger partial charge in [0.25, 0.3) is 0 Å². The molecular weight excluding hydrogens is 281 g/mol. The van der Waals surface area contributed by atoms with Crippen LogP contribution >= 0.6 is 0 Å². The molecule has 1 aliphatic heterocycles. The highest BCUT2D eigenvalue weighted by Gasteiger charge is 2.31. The fraction of sp³-hybridized carbons (Fsp3) is 0.600. The average molecular weight is 302 g/mol. The monoisotopic (exact) mass is 302 g/mol. The summed E-state index contributed by atoms with van der Waals surface area (Å²) in [4.78, 5) is 0. The van der Waals surface area contributed by atoms with Gasteiger partial charge < -0.3 is 15.8 Å². The number of ether oxygens (including phenoxy) is 1. The van der Waals surface area contributed by atoms with Crippen molar-refractivity contribution in [2.24, 2.45) is 5.73 Å². The van der Waals surface area contributed by atoms with E-state index in [-0.39, 0.29) is 11.6 Å². The first kappa shape index (κ1) is 16.3. The molecule has 0 saturated carbocycles. The molecule has 21 heavy (non-hydrogen) atoms. The molecule has 3 N–H and O–H groups in total. The highest BCUT2D eigenvalue weighted by molar-refractivity contribution is 5.27. The molecule has 2 rings (SSSR count). The van der Waals surface area contributed by atoms with Crippen molar-refractivity contribution < 1.29 is 17.9 Å². The molecule has 1 fully saturated rings. The third kappa shape index (κ3) is 4.18. The summed E-state index contributed by atoms with van der Waals surface area (Å²) in [5.41, 5.74) is 5.63. The van der Waals surface area contributed by atoms with E-state index < -0.39 is 11.7 Å². The summed E-state index contributed by atoms with van der Waals surface area (Å²) in [5, 5.41) is 3.30. The maximum Gasteiger partial charge on any atom is 0.416 e. The van der Waals surface area contributed by atoms with Gasteiger partial charge >= 0.3 is 6.18 Å². The topological polar surface area (TPSA) is 47.3 Å². The van der Waals surface area contributed by atoms with E-state index in [0.29, 0.717) is 13.1 Å². The smallest absolute Gasteiger partial charge is 0.374 e. The van der Waals surface area contributed by atoms with Gasteiger partial charge in [0.05, 0.1) is 11.2 Å². The lowest BCUT2D eigenvalue weighted by Crippen LogP contribution is -2.41. The lowest BCUT2D eigenvalue weighted by atomic mass is 10.0. The van der Waals surface area contributed by atoms with Crippen LogP contribution in [0.4, 0.5) is 13.2 Å². The Balaban J connectivity index is 2.00. The molecule has 3 nitrogen and oxygen atoms in total. The predicted molar refractivity (Wildman–Crippen MR) is 74.8 cm³/mol. The van der Waals surface area contributed by atoms with Crippen molar-refractivity contribution in [2.45, 2.75) is 37.6 Å². The number of hydrogen-bond donors (Lipinski definition) is 2. The lowest BCUT2D eigenvalue weighted by molar-refractivity contribution is -0.137. The van der Waals surface area contributed by atoms with Crippen LogP contribution in [0, 0.1) is 0 Å². The van der Waals surface area contributed by atoms with E-state index in [0.717, 1.165) is 37.1 Å². The van der Waals surface area contributed by atoms with Crippen molar-refractivity contribution in [1.29, 1.82) is 0 Å². The molecule has 1 heterocycles. The zero-order chi connectivity index (χ0) is 15.5. The van der Waals surface area contributed by atoms with Crippen molar-refractivity contribution in [2.75, 3.05) is 19.7 Å². The van der Waals surface area contributed by atoms with E-state index in [2.05, 4.69) is 5.32 Å². The summed E-state index contributed by atoms with van der Waals surface area (Å²) in [5.74, 6) is 0. The Labute approximate surface area is 122 Å². The number of rotatable bonds is 5. The van der Waals surface area contributed by atoms with Crippen molar-refractivity contribution in [3.8, 4) is 0 Å². The number of benzene rings is 1. The molecule has 0 radical (unpaired) electrons. The molecule has 0 aliphatic carbocycles. The van der Waals surface area contributed by atoms with Crippen LogP contribution in [-0.2, 0) is 10.9 Å². The number of hydrogen-bond acceptors (Lipinski definition) is 3. The Morgan fingerprint density at radius 1 is 1.33 bits per heavy atom. The Hall–Kier alpha value is -1.11. The Morgan fingerprint density at radius 3 is 2.48 bits per heavy atom. The second kappa shape index (κ2) is 6.34. The van der Waals surface area contributed by atoms with Crippen molar-refractivity contribution >= 4 is 0 Å². The molecule has 1 saturated heterocycles. The van der Waals surface area contributed by atoms with Crippen molar-refractivity contribution in [3.63, 3.8) is 0 Å². The molecule has 118 valence electrons. The fourth-order valence-corrected chi connectivity index (χ4v) is 2.56. The lowest BCUT2D eigenvalue weighted by Gasteiger charge is -2.27. The number of nitrogens with two attached hydrogens (primary N) is 1. The van der Waals surface area contributed by atoms with Crippen molar-refractivity contribution in [3.05, 3.63) is 35.4 Å². The number of nitrogens with one attached hydrogen (secondary N) is 1. The van der Waals surface area contributed by atoms with Gasteiger partial charge in [-0.15, -0.1) is 0 Å². The zero-order valence-electron chi connectivity index (χ0n) is 12.0. The van der Waals surface area contributed by atoms with Gasteiger partial charge in [0, 0.05) is 25.7 Å². The Morgan fingerprint density at radius 2 is 2.00 bits per heavy atom. The molecule has 6 heteroatoms. The normalized spacial score (nSPS) is 24.2. The van der Waals surface area contributed by atoms with Crippen LogP contribution in [0.1, 0.15) is 36.9 Å². The minimum absolute atomic E-state index is 0.173. The Kier molecular flexibility index (Phi) is 4.91. The fourth-order valence-electron chi connectivity index (χ4n) is 2.56. The number of alkyl halides is 3. The zero-order valence-corrected chi connectivity index (χ0v) is 12.0. The van der Waals surface area contributed by atoms with Crippen LogP contribution in [0.5, 0.6) is 0 Å². The van der Waals surface area contributed by atoms with E-state index in [4.69, 9.17) is 10.5 Å². The molecule has 2 unspecified atom stereocenters. The van der Waals surface area contributed by atoms with E-state index in [9.17, 15) is 13.2 Å². The van der Waals surface area contributed by atoms with Gasteiger partial charge in [0.2, 0.25) is 0 Å². The van der Waals surface area contributed by atoms with Crippen LogP contribution in [0.2, 0.25) is 0 Å². The quantitative estimate of drug-likeness (QED) is 0.879. The minimum atomic E-state index is -4.31. The van der Waals surface area contributed by atoms with Crippen molar-refractivity contribution in [1.82, 2.24) is 5.32 Å². The first-order valence-corrected chi connectivity index (χ1v) is 7.09. The second-order valence-corrected chi connectivity index (χ2v) is 5.69. The van der Waals surface area contributed by atoms with Gasteiger partial charge in [-0.1, -0.05) is 12.1 Å². The summed E-state index contributed by atoms with van der Waals surface area (Å²) in [6.45, 7) is 3.75. The SMILES string of the molecule is CC1(CNC(CN)c2ccc(C(F)(F)F)cc2)CCCO1. The van der Waals surface area contributed by atoms with Crippen LogP contribution < -0.4 is 11.1 Å². The second-order valence-electron chi connectivity index (χ2n) is 5.69. The average Bonchev–Trinajstić information content (AvgIpc) is 2.86. The third-order valence-electron chi connectivity index (χ3n) is 3.90. The molecule has 2 atom stereocenters.